The zero-order valence-corrected chi connectivity index (χ0v) is 11.9. The molecule has 0 spiro atoms. The van der Waals surface area contributed by atoms with Gasteiger partial charge in [-0.15, -0.1) is 11.3 Å². The Bertz CT molecular complexity index is 549. The first kappa shape index (κ1) is 13.8. The standard InChI is InChI=1S/C15H18N2OS/c1-10(2)11-5-3-6-12(9-11)17-15(18)14(16)13-7-4-8-19-13/h3-10,14H,16H2,1-2H3,(H,17,18). The van der Waals surface area contributed by atoms with Crippen LogP contribution in [0.3, 0.4) is 0 Å². The number of amides is 1. The number of hydrogen-bond donors (Lipinski definition) is 2. The predicted molar refractivity (Wildman–Crippen MR) is 80.4 cm³/mol. The first-order valence-electron chi connectivity index (χ1n) is 6.27. The largest absolute Gasteiger partial charge is 0.324 e. The second-order valence-electron chi connectivity index (χ2n) is 4.76. The molecule has 0 fully saturated rings. The van der Waals surface area contributed by atoms with E-state index in [9.17, 15) is 4.79 Å². The van der Waals surface area contributed by atoms with E-state index in [0.717, 1.165) is 10.6 Å². The molecular weight excluding hydrogens is 256 g/mol. The van der Waals surface area contributed by atoms with E-state index in [-0.39, 0.29) is 5.91 Å². The molecule has 3 N–H and O–H groups in total. The fourth-order valence-electron chi connectivity index (χ4n) is 1.79. The van der Waals surface area contributed by atoms with E-state index in [4.69, 9.17) is 5.73 Å². The van der Waals surface area contributed by atoms with Gasteiger partial charge >= 0.3 is 0 Å². The summed E-state index contributed by atoms with van der Waals surface area (Å²) in [5, 5.41) is 4.79. The summed E-state index contributed by atoms with van der Waals surface area (Å²) >= 11 is 1.49. The number of carbonyl (C=O) groups is 1. The Labute approximate surface area is 117 Å². The maximum Gasteiger partial charge on any atom is 0.246 e. The van der Waals surface area contributed by atoms with Crippen molar-refractivity contribution in [3.8, 4) is 0 Å². The lowest BCUT2D eigenvalue weighted by atomic mass is 10.0. The van der Waals surface area contributed by atoms with Crippen molar-refractivity contribution in [2.75, 3.05) is 5.32 Å². The highest BCUT2D eigenvalue weighted by atomic mass is 32.1. The van der Waals surface area contributed by atoms with E-state index >= 15 is 0 Å². The topological polar surface area (TPSA) is 55.1 Å². The number of carbonyl (C=O) groups excluding carboxylic acids is 1. The van der Waals surface area contributed by atoms with E-state index in [1.165, 1.54) is 16.9 Å². The van der Waals surface area contributed by atoms with Crippen LogP contribution in [-0.4, -0.2) is 5.91 Å². The molecule has 0 saturated carbocycles. The molecule has 19 heavy (non-hydrogen) atoms. The van der Waals surface area contributed by atoms with Crippen molar-refractivity contribution in [1.29, 1.82) is 0 Å². The molecule has 2 rings (SSSR count). The first-order valence-corrected chi connectivity index (χ1v) is 7.15. The monoisotopic (exact) mass is 274 g/mol. The Morgan fingerprint density at radius 3 is 2.68 bits per heavy atom. The summed E-state index contributed by atoms with van der Waals surface area (Å²) in [5.74, 6) is 0.256. The van der Waals surface area contributed by atoms with Crippen LogP contribution in [0.2, 0.25) is 0 Å². The van der Waals surface area contributed by atoms with Gasteiger partial charge in [0, 0.05) is 10.6 Å². The number of nitrogens with one attached hydrogen (secondary N) is 1. The molecule has 1 aromatic carbocycles. The van der Waals surface area contributed by atoms with Crippen molar-refractivity contribution in [2.24, 2.45) is 5.73 Å². The molecule has 1 heterocycles. The molecule has 1 amide bonds. The Morgan fingerprint density at radius 1 is 1.26 bits per heavy atom. The maximum absolute atomic E-state index is 12.1. The molecule has 0 aliphatic carbocycles. The van der Waals surface area contributed by atoms with Crippen LogP contribution >= 0.6 is 11.3 Å². The third-order valence-electron chi connectivity index (χ3n) is 2.95. The average Bonchev–Trinajstić information content (AvgIpc) is 2.92. The summed E-state index contributed by atoms with van der Waals surface area (Å²) in [7, 11) is 0. The average molecular weight is 274 g/mol. The Kier molecular flexibility index (Phi) is 4.35. The molecule has 2 aromatic rings. The molecule has 100 valence electrons. The molecule has 1 atom stereocenters. The van der Waals surface area contributed by atoms with E-state index < -0.39 is 6.04 Å². The van der Waals surface area contributed by atoms with E-state index in [2.05, 4.69) is 25.2 Å². The highest BCUT2D eigenvalue weighted by Gasteiger charge is 2.16. The lowest BCUT2D eigenvalue weighted by Crippen LogP contribution is -2.27. The first-order chi connectivity index (χ1) is 9.08. The number of anilines is 1. The minimum absolute atomic E-state index is 0.177. The lowest BCUT2D eigenvalue weighted by molar-refractivity contribution is -0.117. The van der Waals surface area contributed by atoms with E-state index in [1.807, 2.05) is 35.7 Å². The van der Waals surface area contributed by atoms with Gasteiger partial charge in [0.25, 0.3) is 0 Å². The number of benzene rings is 1. The van der Waals surface area contributed by atoms with Crippen molar-refractivity contribution in [3.63, 3.8) is 0 Å². The van der Waals surface area contributed by atoms with Gasteiger partial charge in [-0.05, 0) is 35.1 Å². The van der Waals surface area contributed by atoms with Gasteiger partial charge in [0.05, 0.1) is 0 Å². The highest BCUT2D eigenvalue weighted by molar-refractivity contribution is 7.10. The van der Waals surface area contributed by atoms with Crippen LogP contribution in [-0.2, 0) is 4.79 Å². The summed E-state index contributed by atoms with van der Waals surface area (Å²) in [5.41, 5.74) is 7.92. The van der Waals surface area contributed by atoms with Gasteiger partial charge in [-0.1, -0.05) is 32.0 Å². The Hall–Kier alpha value is -1.65. The fourth-order valence-corrected chi connectivity index (χ4v) is 2.52. The van der Waals surface area contributed by atoms with Gasteiger partial charge in [-0.3, -0.25) is 4.79 Å². The molecule has 4 heteroatoms. The zero-order valence-electron chi connectivity index (χ0n) is 11.1. The molecule has 0 aliphatic heterocycles. The van der Waals surface area contributed by atoms with Gasteiger partial charge in [-0.2, -0.15) is 0 Å². The third-order valence-corrected chi connectivity index (χ3v) is 3.91. The zero-order chi connectivity index (χ0) is 13.8. The van der Waals surface area contributed by atoms with Gasteiger partial charge in [0.2, 0.25) is 5.91 Å². The van der Waals surface area contributed by atoms with E-state index in [0.29, 0.717) is 5.92 Å². The van der Waals surface area contributed by atoms with E-state index in [1.54, 1.807) is 0 Å². The van der Waals surface area contributed by atoms with Gasteiger partial charge in [-0.25, -0.2) is 0 Å². The fraction of sp³-hybridized carbons (Fsp3) is 0.267. The van der Waals surface area contributed by atoms with Crippen LogP contribution in [0.25, 0.3) is 0 Å². The summed E-state index contributed by atoms with van der Waals surface area (Å²) in [6, 6.07) is 11.0. The molecule has 3 nitrogen and oxygen atoms in total. The molecule has 0 bridgehead atoms. The van der Waals surface area contributed by atoms with Gasteiger partial charge < -0.3 is 11.1 Å². The van der Waals surface area contributed by atoms with Crippen molar-refractivity contribution in [3.05, 3.63) is 52.2 Å². The Balaban J connectivity index is 2.08. The summed E-state index contributed by atoms with van der Waals surface area (Å²) in [4.78, 5) is 12.9. The number of nitrogens with two attached hydrogens (primary N) is 1. The summed E-state index contributed by atoms with van der Waals surface area (Å²) in [6.45, 7) is 4.25. The van der Waals surface area contributed by atoms with Gasteiger partial charge in [0.15, 0.2) is 0 Å². The number of hydrogen-bond acceptors (Lipinski definition) is 3. The van der Waals surface area contributed by atoms with Crippen LogP contribution in [0.4, 0.5) is 5.69 Å². The normalized spacial score (nSPS) is 12.4. The summed E-state index contributed by atoms with van der Waals surface area (Å²) in [6.07, 6.45) is 0. The van der Waals surface area contributed by atoms with Crippen LogP contribution in [0.15, 0.2) is 41.8 Å². The van der Waals surface area contributed by atoms with Crippen LogP contribution in [0, 0.1) is 0 Å². The maximum atomic E-state index is 12.1. The minimum Gasteiger partial charge on any atom is -0.324 e. The number of rotatable bonds is 4. The highest BCUT2D eigenvalue weighted by Crippen LogP contribution is 2.21. The van der Waals surface area contributed by atoms with Crippen molar-refractivity contribution in [1.82, 2.24) is 0 Å². The quantitative estimate of drug-likeness (QED) is 0.896. The predicted octanol–water partition coefficient (Wildman–Crippen LogP) is 3.51. The molecule has 0 saturated heterocycles. The molecular formula is C15H18N2OS. The second kappa shape index (κ2) is 5.99. The minimum atomic E-state index is -0.609. The van der Waals surface area contributed by atoms with Crippen LogP contribution in [0.1, 0.15) is 36.2 Å². The molecule has 0 aliphatic rings. The lowest BCUT2D eigenvalue weighted by Gasteiger charge is -2.12. The summed E-state index contributed by atoms with van der Waals surface area (Å²) < 4.78 is 0. The second-order valence-corrected chi connectivity index (χ2v) is 5.74. The molecule has 0 radical (unpaired) electrons. The van der Waals surface area contributed by atoms with Crippen molar-refractivity contribution < 1.29 is 4.79 Å². The van der Waals surface area contributed by atoms with Gasteiger partial charge in [0.1, 0.15) is 6.04 Å². The molecule has 1 aromatic heterocycles. The third kappa shape index (κ3) is 3.43. The Morgan fingerprint density at radius 2 is 2.05 bits per heavy atom. The smallest absolute Gasteiger partial charge is 0.246 e. The van der Waals surface area contributed by atoms with Crippen LogP contribution in [0.5, 0.6) is 0 Å². The SMILES string of the molecule is CC(C)c1cccc(NC(=O)C(N)c2cccs2)c1. The number of thiophene rings is 1. The van der Waals surface area contributed by atoms with Crippen molar-refractivity contribution >= 4 is 22.9 Å². The molecule has 1 unspecified atom stereocenters. The van der Waals surface area contributed by atoms with Crippen LogP contribution < -0.4 is 11.1 Å². The van der Waals surface area contributed by atoms with Crippen molar-refractivity contribution in [2.45, 2.75) is 25.8 Å².